The highest BCUT2D eigenvalue weighted by Crippen LogP contribution is 2.49. The van der Waals surface area contributed by atoms with Gasteiger partial charge in [-0.3, -0.25) is 0 Å². The molecule has 4 rings (SSSR count). The summed E-state index contributed by atoms with van der Waals surface area (Å²) in [6.45, 7) is 4.49. The molecule has 0 bridgehead atoms. The fraction of sp³-hybridized carbons (Fsp3) is 0.136. The van der Waals surface area contributed by atoms with E-state index in [0.717, 1.165) is 5.56 Å². The van der Waals surface area contributed by atoms with Gasteiger partial charge in [0.2, 0.25) is 0 Å². The molecule has 0 unspecified atom stereocenters. The maximum Gasteiger partial charge on any atom is 0.0991 e. The first-order chi connectivity index (χ1) is 11.1. The van der Waals surface area contributed by atoms with E-state index in [2.05, 4.69) is 68.4 Å². The van der Waals surface area contributed by atoms with Gasteiger partial charge in [0.15, 0.2) is 0 Å². The second-order valence-corrected chi connectivity index (χ2v) is 6.62. The molecule has 110 valence electrons. The lowest BCUT2D eigenvalue weighted by Crippen LogP contribution is -2.15. The first-order valence-corrected chi connectivity index (χ1v) is 7.86. The van der Waals surface area contributed by atoms with Gasteiger partial charge < -0.3 is 0 Å². The van der Waals surface area contributed by atoms with Crippen LogP contribution in [0.1, 0.15) is 30.5 Å². The molecule has 0 radical (unpaired) electrons. The summed E-state index contributed by atoms with van der Waals surface area (Å²) in [5.74, 6) is 0. The van der Waals surface area contributed by atoms with Gasteiger partial charge in [-0.25, -0.2) is 0 Å². The molecule has 0 N–H and O–H groups in total. The molecule has 0 fully saturated rings. The average Bonchev–Trinajstić information content (AvgIpc) is 2.83. The topological polar surface area (TPSA) is 23.8 Å². The van der Waals surface area contributed by atoms with E-state index in [-0.39, 0.29) is 5.41 Å². The van der Waals surface area contributed by atoms with Crippen molar-refractivity contribution >= 4 is 0 Å². The second-order valence-electron chi connectivity index (χ2n) is 6.62. The van der Waals surface area contributed by atoms with Crippen LogP contribution in [0.5, 0.6) is 0 Å². The third-order valence-electron chi connectivity index (χ3n) is 4.91. The third-order valence-corrected chi connectivity index (χ3v) is 4.91. The first-order valence-electron chi connectivity index (χ1n) is 7.86. The summed E-state index contributed by atoms with van der Waals surface area (Å²) in [7, 11) is 0. The minimum atomic E-state index is -0.0810. The summed E-state index contributed by atoms with van der Waals surface area (Å²) in [4.78, 5) is 0. The van der Waals surface area contributed by atoms with Crippen molar-refractivity contribution < 1.29 is 0 Å². The van der Waals surface area contributed by atoms with Crippen LogP contribution in [0.15, 0.2) is 66.7 Å². The van der Waals surface area contributed by atoms with Gasteiger partial charge in [-0.05, 0) is 51.6 Å². The minimum Gasteiger partial charge on any atom is -0.192 e. The number of hydrogen-bond donors (Lipinski definition) is 0. The number of hydrogen-bond acceptors (Lipinski definition) is 1. The van der Waals surface area contributed by atoms with E-state index in [0.29, 0.717) is 0 Å². The Morgan fingerprint density at radius 3 is 2.09 bits per heavy atom. The van der Waals surface area contributed by atoms with Gasteiger partial charge in [0.25, 0.3) is 0 Å². The number of benzene rings is 3. The van der Waals surface area contributed by atoms with E-state index < -0.39 is 0 Å². The van der Waals surface area contributed by atoms with Crippen molar-refractivity contribution in [1.82, 2.24) is 0 Å². The zero-order valence-electron chi connectivity index (χ0n) is 13.3. The predicted octanol–water partition coefficient (Wildman–Crippen LogP) is 5.53. The van der Waals surface area contributed by atoms with Gasteiger partial charge in [0.05, 0.1) is 11.6 Å². The molecule has 0 aromatic heterocycles. The standard InChI is InChI=1S/C22H17N/c1-22(2)20-12-15(14-23)8-10-18(20)19-11-9-17(13-21(19)22)16-6-4-3-5-7-16/h3-13H,1-2H3. The molecule has 1 aliphatic carbocycles. The Kier molecular flexibility index (Phi) is 2.89. The quantitative estimate of drug-likeness (QED) is 0.579. The Morgan fingerprint density at radius 2 is 1.39 bits per heavy atom. The molecular formula is C22H17N. The highest BCUT2D eigenvalue weighted by Gasteiger charge is 2.35. The molecule has 1 aliphatic rings. The van der Waals surface area contributed by atoms with E-state index in [4.69, 9.17) is 0 Å². The normalized spacial score (nSPS) is 14.0. The van der Waals surface area contributed by atoms with Crippen molar-refractivity contribution in [1.29, 1.82) is 5.26 Å². The van der Waals surface area contributed by atoms with E-state index in [1.165, 1.54) is 33.4 Å². The zero-order valence-corrected chi connectivity index (χ0v) is 13.3. The molecule has 0 amide bonds. The van der Waals surface area contributed by atoms with Gasteiger partial charge >= 0.3 is 0 Å². The Morgan fingerprint density at radius 1 is 0.739 bits per heavy atom. The van der Waals surface area contributed by atoms with Crippen molar-refractivity contribution in [2.45, 2.75) is 19.3 Å². The van der Waals surface area contributed by atoms with Gasteiger partial charge in [-0.1, -0.05) is 62.4 Å². The van der Waals surface area contributed by atoms with Gasteiger partial charge in [0.1, 0.15) is 0 Å². The van der Waals surface area contributed by atoms with Crippen LogP contribution in [0.25, 0.3) is 22.3 Å². The second kappa shape index (κ2) is 4.83. The molecule has 0 spiro atoms. The van der Waals surface area contributed by atoms with Crippen molar-refractivity contribution in [2.24, 2.45) is 0 Å². The van der Waals surface area contributed by atoms with Crippen LogP contribution in [0.3, 0.4) is 0 Å². The fourth-order valence-electron chi connectivity index (χ4n) is 3.62. The van der Waals surface area contributed by atoms with Crippen molar-refractivity contribution in [3.8, 4) is 28.3 Å². The predicted molar refractivity (Wildman–Crippen MR) is 94.2 cm³/mol. The van der Waals surface area contributed by atoms with Crippen LogP contribution in [-0.2, 0) is 5.41 Å². The Balaban J connectivity index is 1.92. The number of rotatable bonds is 1. The van der Waals surface area contributed by atoms with Crippen LogP contribution in [0.2, 0.25) is 0 Å². The molecule has 1 heteroatoms. The van der Waals surface area contributed by atoms with Gasteiger partial charge in [-0.15, -0.1) is 0 Å². The summed E-state index contributed by atoms with van der Waals surface area (Å²) in [5, 5.41) is 9.20. The molecule has 3 aromatic carbocycles. The van der Waals surface area contributed by atoms with Crippen molar-refractivity contribution in [2.75, 3.05) is 0 Å². The van der Waals surface area contributed by atoms with Gasteiger partial charge in [-0.2, -0.15) is 5.26 Å². The minimum absolute atomic E-state index is 0.0810. The van der Waals surface area contributed by atoms with Crippen LogP contribution < -0.4 is 0 Å². The summed E-state index contributed by atoms with van der Waals surface area (Å²) < 4.78 is 0. The lowest BCUT2D eigenvalue weighted by atomic mass is 9.81. The van der Waals surface area contributed by atoms with Gasteiger partial charge in [0, 0.05) is 5.41 Å². The number of fused-ring (bicyclic) bond motifs is 3. The molecular weight excluding hydrogens is 278 g/mol. The van der Waals surface area contributed by atoms with Crippen LogP contribution in [0, 0.1) is 11.3 Å². The first kappa shape index (κ1) is 13.8. The number of nitrogens with zero attached hydrogens (tertiary/aromatic N) is 1. The lowest BCUT2D eigenvalue weighted by molar-refractivity contribution is 0.660. The van der Waals surface area contributed by atoms with Crippen LogP contribution >= 0.6 is 0 Å². The highest BCUT2D eigenvalue weighted by atomic mass is 14.4. The number of nitriles is 1. The summed E-state index contributed by atoms with van der Waals surface area (Å²) >= 11 is 0. The fourth-order valence-corrected chi connectivity index (χ4v) is 3.62. The average molecular weight is 295 g/mol. The SMILES string of the molecule is CC1(C)c2cc(C#N)ccc2-c2ccc(-c3ccccc3)cc21. The van der Waals surface area contributed by atoms with Crippen LogP contribution in [0.4, 0.5) is 0 Å². The maximum absolute atomic E-state index is 9.20. The molecule has 0 saturated heterocycles. The largest absolute Gasteiger partial charge is 0.192 e. The molecule has 1 nitrogen and oxygen atoms in total. The Bertz CT molecular complexity index is 943. The third kappa shape index (κ3) is 1.99. The van der Waals surface area contributed by atoms with Crippen molar-refractivity contribution in [3.05, 3.63) is 83.4 Å². The summed E-state index contributed by atoms with van der Waals surface area (Å²) in [6.07, 6.45) is 0. The highest BCUT2D eigenvalue weighted by molar-refractivity contribution is 5.84. The Hall–Kier alpha value is -2.85. The molecule has 0 atom stereocenters. The molecule has 23 heavy (non-hydrogen) atoms. The molecule has 0 saturated carbocycles. The van der Waals surface area contributed by atoms with E-state index >= 15 is 0 Å². The lowest BCUT2D eigenvalue weighted by Gasteiger charge is -2.22. The smallest absolute Gasteiger partial charge is 0.0991 e. The summed E-state index contributed by atoms with van der Waals surface area (Å²) in [5.41, 5.74) is 8.25. The molecule has 3 aromatic rings. The van der Waals surface area contributed by atoms with E-state index in [9.17, 15) is 5.26 Å². The van der Waals surface area contributed by atoms with E-state index in [1.807, 2.05) is 18.2 Å². The van der Waals surface area contributed by atoms with E-state index in [1.54, 1.807) is 0 Å². The molecule has 0 heterocycles. The van der Waals surface area contributed by atoms with Crippen LogP contribution in [-0.4, -0.2) is 0 Å². The van der Waals surface area contributed by atoms with Crippen molar-refractivity contribution in [3.63, 3.8) is 0 Å². The molecule has 0 aliphatic heterocycles. The Labute approximate surface area is 136 Å². The monoisotopic (exact) mass is 295 g/mol. The summed E-state index contributed by atoms with van der Waals surface area (Å²) in [6, 6.07) is 25.5. The zero-order chi connectivity index (χ0) is 16.0. The maximum atomic E-state index is 9.20.